The van der Waals surface area contributed by atoms with Crippen molar-refractivity contribution in [2.24, 2.45) is 0 Å². The maximum Gasteiger partial charge on any atom is 0.225 e. The van der Waals surface area contributed by atoms with Crippen molar-refractivity contribution in [3.8, 4) is 0 Å². The van der Waals surface area contributed by atoms with E-state index in [1.807, 2.05) is 6.92 Å². The number of fused-ring (bicyclic) bond motifs is 1. The van der Waals surface area contributed by atoms with Crippen molar-refractivity contribution >= 4 is 32.8 Å². The number of thiophene rings is 1. The van der Waals surface area contributed by atoms with Crippen molar-refractivity contribution in [3.63, 3.8) is 0 Å². The highest BCUT2D eigenvalue weighted by atomic mass is 32.2. The standard InChI is InChI=1S/C20H16FNO3S2/c1-12-6-8-13(9-7-12)27(24,25)17-11-26-20-15(10-18(23)22-19(17)20)14-4-2-3-5-16(14)21/h2-9,11,15H,10H2,1H3,(H,22,23). The van der Waals surface area contributed by atoms with Gasteiger partial charge in [-0.1, -0.05) is 35.9 Å². The molecular formula is C20H16FNO3S2. The molecule has 1 unspecified atom stereocenters. The Morgan fingerprint density at radius 1 is 1.11 bits per heavy atom. The molecule has 7 heteroatoms. The highest BCUT2D eigenvalue weighted by Crippen LogP contribution is 2.46. The Bertz CT molecular complexity index is 1130. The highest BCUT2D eigenvalue weighted by molar-refractivity contribution is 7.91. The van der Waals surface area contributed by atoms with Crippen LogP contribution < -0.4 is 5.32 Å². The van der Waals surface area contributed by atoms with E-state index in [1.165, 1.54) is 22.8 Å². The molecule has 2 heterocycles. The lowest BCUT2D eigenvalue weighted by molar-refractivity contribution is -0.116. The number of carbonyl (C=O) groups excluding carboxylic acids is 1. The average molecular weight is 401 g/mol. The van der Waals surface area contributed by atoms with Crippen LogP contribution in [0.1, 0.15) is 28.3 Å². The molecule has 2 aromatic carbocycles. The zero-order valence-corrected chi connectivity index (χ0v) is 16.0. The summed E-state index contributed by atoms with van der Waals surface area (Å²) in [7, 11) is -3.79. The maximum absolute atomic E-state index is 14.3. The summed E-state index contributed by atoms with van der Waals surface area (Å²) in [6.07, 6.45) is 0.0818. The molecule has 27 heavy (non-hydrogen) atoms. The van der Waals surface area contributed by atoms with E-state index in [9.17, 15) is 17.6 Å². The van der Waals surface area contributed by atoms with Crippen molar-refractivity contribution in [3.05, 3.63) is 75.7 Å². The maximum atomic E-state index is 14.3. The molecule has 0 saturated carbocycles. The van der Waals surface area contributed by atoms with Gasteiger partial charge < -0.3 is 5.32 Å². The fraction of sp³-hybridized carbons (Fsp3) is 0.150. The number of hydrogen-bond donors (Lipinski definition) is 1. The Balaban J connectivity index is 1.85. The topological polar surface area (TPSA) is 63.2 Å². The van der Waals surface area contributed by atoms with Gasteiger partial charge in [-0.3, -0.25) is 4.79 Å². The number of rotatable bonds is 3. The summed E-state index contributed by atoms with van der Waals surface area (Å²) in [4.78, 5) is 13.1. The average Bonchev–Trinajstić information content (AvgIpc) is 3.06. The van der Waals surface area contributed by atoms with Crippen LogP contribution in [0.25, 0.3) is 0 Å². The van der Waals surface area contributed by atoms with E-state index in [0.717, 1.165) is 5.56 Å². The second-order valence-electron chi connectivity index (χ2n) is 6.48. The van der Waals surface area contributed by atoms with Crippen LogP contribution in [0.15, 0.2) is 63.7 Å². The third-order valence-electron chi connectivity index (χ3n) is 4.66. The normalized spacial score (nSPS) is 16.7. The molecule has 1 aliphatic rings. The van der Waals surface area contributed by atoms with E-state index in [0.29, 0.717) is 10.4 Å². The van der Waals surface area contributed by atoms with Crippen molar-refractivity contribution in [1.82, 2.24) is 0 Å². The van der Waals surface area contributed by atoms with Gasteiger partial charge in [0.2, 0.25) is 15.7 Å². The summed E-state index contributed by atoms with van der Waals surface area (Å²) in [6.45, 7) is 1.88. The molecular weight excluding hydrogens is 385 g/mol. The Hall–Kier alpha value is -2.51. The van der Waals surface area contributed by atoms with Gasteiger partial charge in [-0.2, -0.15) is 0 Å². The summed E-state index contributed by atoms with van der Waals surface area (Å²) in [5.41, 5.74) is 1.62. The van der Waals surface area contributed by atoms with Crippen LogP contribution in [0.3, 0.4) is 0 Å². The Kier molecular flexibility index (Phi) is 4.36. The summed E-state index contributed by atoms with van der Waals surface area (Å²) in [6, 6.07) is 12.8. The lowest BCUT2D eigenvalue weighted by atomic mass is 9.90. The van der Waals surface area contributed by atoms with Gasteiger partial charge in [-0.15, -0.1) is 11.3 Å². The van der Waals surface area contributed by atoms with Crippen LogP contribution in [0.4, 0.5) is 10.1 Å². The first-order valence-corrected chi connectivity index (χ1v) is 10.7. The van der Waals surface area contributed by atoms with Crippen LogP contribution in [-0.4, -0.2) is 14.3 Å². The van der Waals surface area contributed by atoms with Gasteiger partial charge in [0.15, 0.2) is 0 Å². The molecule has 3 aromatic rings. The molecule has 1 aromatic heterocycles. The van der Waals surface area contributed by atoms with E-state index in [-0.39, 0.29) is 27.8 Å². The van der Waals surface area contributed by atoms with Crippen molar-refractivity contribution in [2.75, 3.05) is 5.32 Å². The molecule has 138 valence electrons. The van der Waals surface area contributed by atoms with Gasteiger partial charge >= 0.3 is 0 Å². The number of sulfone groups is 1. The van der Waals surface area contributed by atoms with Crippen molar-refractivity contribution in [2.45, 2.75) is 29.1 Å². The molecule has 0 spiro atoms. The van der Waals surface area contributed by atoms with E-state index in [2.05, 4.69) is 5.32 Å². The number of halogens is 1. The van der Waals surface area contributed by atoms with Crippen LogP contribution in [0, 0.1) is 12.7 Å². The van der Waals surface area contributed by atoms with E-state index >= 15 is 0 Å². The monoisotopic (exact) mass is 401 g/mol. The molecule has 4 nitrogen and oxygen atoms in total. The van der Waals surface area contributed by atoms with Crippen LogP contribution in [-0.2, 0) is 14.6 Å². The Labute approximate surface area is 160 Å². The number of benzene rings is 2. The first-order valence-electron chi connectivity index (χ1n) is 8.35. The minimum absolute atomic E-state index is 0.0562. The molecule has 1 atom stereocenters. The second-order valence-corrected chi connectivity index (χ2v) is 9.31. The first-order chi connectivity index (χ1) is 12.9. The minimum Gasteiger partial charge on any atom is -0.324 e. The second kappa shape index (κ2) is 6.58. The molecule has 1 amide bonds. The number of amides is 1. The van der Waals surface area contributed by atoms with Gasteiger partial charge in [-0.25, -0.2) is 12.8 Å². The van der Waals surface area contributed by atoms with E-state index < -0.39 is 21.6 Å². The van der Waals surface area contributed by atoms with Crippen LogP contribution in [0.5, 0.6) is 0 Å². The summed E-state index contributed by atoms with van der Waals surface area (Å²) >= 11 is 1.23. The predicted molar refractivity (Wildman–Crippen MR) is 102 cm³/mol. The molecule has 0 radical (unpaired) electrons. The highest BCUT2D eigenvalue weighted by Gasteiger charge is 2.35. The summed E-state index contributed by atoms with van der Waals surface area (Å²) in [5, 5.41) is 4.21. The molecule has 0 fully saturated rings. The van der Waals surface area contributed by atoms with Crippen LogP contribution in [0.2, 0.25) is 0 Å². The summed E-state index contributed by atoms with van der Waals surface area (Å²) < 4.78 is 40.4. The smallest absolute Gasteiger partial charge is 0.225 e. The van der Waals surface area contributed by atoms with Gasteiger partial charge in [-0.05, 0) is 30.7 Å². The fourth-order valence-electron chi connectivity index (χ4n) is 3.26. The molecule has 0 saturated heterocycles. The predicted octanol–water partition coefficient (Wildman–Crippen LogP) is 4.50. The van der Waals surface area contributed by atoms with Gasteiger partial charge in [0.1, 0.15) is 10.7 Å². The number of carbonyl (C=O) groups is 1. The molecule has 4 rings (SSSR count). The molecule has 1 N–H and O–H groups in total. The number of hydrogen-bond acceptors (Lipinski definition) is 4. The third-order valence-corrected chi connectivity index (χ3v) is 7.70. The minimum atomic E-state index is -3.79. The van der Waals surface area contributed by atoms with Crippen molar-refractivity contribution in [1.29, 1.82) is 0 Å². The largest absolute Gasteiger partial charge is 0.324 e. The van der Waals surface area contributed by atoms with Gasteiger partial charge in [0.25, 0.3) is 0 Å². The first kappa shape index (κ1) is 17.9. The fourth-order valence-corrected chi connectivity index (χ4v) is 6.15. The quantitative estimate of drug-likeness (QED) is 0.703. The zero-order valence-electron chi connectivity index (χ0n) is 14.4. The lowest BCUT2D eigenvalue weighted by Gasteiger charge is -2.24. The van der Waals surface area contributed by atoms with Gasteiger partial charge in [0.05, 0.1) is 10.6 Å². The number of anilines is 1. The molecule has 0 aliphatic carbocycles. The SMILES string of the molecule is Cc1ccc(S(=O)(=O)c2csc3c2NC(=O)CC3c2ccccc2F)cc1. The lowest BCUT2D eigenvalue weighted by Crippen LogP contribution is -2.24. The Morgan fingerprint density at radius 3 is 2.52 bits per heavy atom. The van der Waals surface area contributed by atoms with Crippen molar-refractivity contribution < 1.29 is 17.6 Å². The molecule has 1 aliphatic heterocycles. The third kappa shape index (κ3) is 3.07. The van der Waals surface area contributed by atoms with E-state index in [4.69, 9.17) is 0 Å². The Morgan fingerprint density at radius 2 is 1.81 bits per heavy atom. The van der Waals surface area contributed by atoms with Gasteiger partial charge in [0, 0.05) is 22.6 Å². The number of aryl methyl sites for hydroxylation is 1. The zero-order chi connectivity index (χ0) is 19.2. The summed E-state index contributed by atoms with van der Waals surface area (Å²) in [5.74, 6) is -1.23. The number of nitrogens with one attached hydrogen (secondary N) is 1. The molecule has 0 bridgehead atoms. The van der Waals surface area contributed by atoms with Crippen LogP contribution >= 0.6 is 11.3 Å². The van der Waals surface area contributed by atoms with E-state index in [1.54, 1.807) is 42.5 Å².